The van der Waals surface area contributed by atoms with Crippen molar-refractivity contribution in [2.24, 2.45) is 11.7 Å². The number of thiazole rings is 1. The van der Waals surface area contributed by atoms with Crippen molar-refractivity contribution in [2.75, 3.05) is 6.54 Å². The first-order valence-electron chi connectivity index (χ1n) is 6.24. The molecule has 0 amide bonds. The zero-order chi connectivity index (χ0) is 12.3. The first-order valence-corrected chi connectivity index (χ1v) is 7.12. The standard InChI is InChI=1S/C12H21N3OS/c1-9-3-2-4-12(13,5-9)8-14-6-10-7-17-11(16)15-10/h7,9,14H,2-6,8,13H2,1H3,(H,15,16). The highest BCUT2D eigenvalue weighted by Gasteiger charge is 2.30. The molecule has 1 aliphatic rings. The summed E-state index contributed by atoms with van der Waals surface area (Å²) in [5, 5.41) is 5.22. The molecular formula is C12H21N3OS. The number of rotatable bonds is 4. The lowest BCUT2D eigenvalue weighted by Crippen LogP contribution is -2.51. The van der Waals surface area contributed by atoms with Crippen molar-refractivity contribution in [3.63, 3.8) is 0 Å². The fourth-order valence-corrected chi connectivity index (χ4v) is 3.29. The highest BCUT2D eigenvalue weighted by atomic mass is 32.1. The van der Waals surface area contributed by atoms with Crippen molar-refractivity contribution in [1.82, 2.24) is 10.3 Å². The van der Waals surface area contributed by atoms with Crippen LogP contribution in [0.2, 0.25) is 0 Å². The zero-order valence-corrected chi connectivity index (χ0v) is 11.1. The van der Waals surface area contributed by atoms with E-state index in [4.69, 9.17) is 5.73 Å². The largest absolute Gasteiger partial charge is 0.324 e. The summed E-state index contributed by atoms with van der Waals surface area (Å²) in [4.78, 5) is 13.8. The molecule has 0 aliphatic heterocycles. The van der Waals surface area contributed by atoms with Crippen LogP contribution in [0.5, 0.6) is 0 Å². The van der Waals surface area contributed by atoms with Gasteiger partial charge in [0, 0.05) is 29.7 Å². The maximum Gasteiger partial charge on any atom is 0.304 e. The smallest absolute Gasteiger partial charge is 0.304 e. The summed E-state index contributed by atoms with van der Waals surface area (Å²) < 4.78 is 0. The van der Waals surface area contributed by atoms with E-state index in [2.05, 4.69) is 17.2 Å². The lowest BCUT2D eigenvalue weighted by atomic mass is 9.77. The monoisotopic (exact) mass is 255 g/mol. The Kier molecular flexibility index (Phi) is 4.01. The van der Waals surface area contributed by atoms with Crippen LogP contribution in [0.4, 0.5) is 0 Å². The maximum absolute atomic E-state index is 11.0. The van der Waals surface area contributed by atoms with E-state index in [9.17, 15) is 4.79 Å². The Hall–Kier alpha value is -0.650. The predicted octanol–water partition coefficient (Wildman–Crippen LogP) is 1.43. The Morgan fingerprint density at radius 1 is 1.71 bits per heavy atom. The maximum atomic E-state index is 11.0. The van der Waals surface area contributed by atoms with E-state index in [0.717, 1.165) is 31.0 Å². The van der Waals surface area contributed by atoms with Crippen LogP contribution in [0.15, 0.2) is 10.2 Å². The third-order valence-electron chi connectivity index (χ3n) is 3.49. The topological polar surface area (TPSA) is 70.9 Å². The van der Waals surface area contributed by atoms with Gasteiger partial charge in [-0.25, -0.2) is 0 Å². The molecule has 1 aliphatic carbocycles. The van der Waals surface area contributed by atoms with Gasteiger partial charge in [-0.15, -0.1) is 0 Å². The number of aromatic amines is 1. The molecule has 1 fully saturated rings. The van der Waals surface area contributed by atoms with Gasteiger partial charge in [0.05, 0.1) is 0 Å². The fourth-order valence-electron chi connectivity index (χ4n) is 2.71. The number of hydrogen-bond donors (Lipinski definition) is 3. The average Bonchev–Trinajstić information content (AvgIpc) is 2.63. The summed E-state index contributed by atoms with van der Waals surface area (Å²) in [6, 6.07) is 0. The highest BCUT2D eigenvalue weighted by Crippen LogP contribution is 2.29. The van der Waals surface area contributed by atoms with Crippen molar-refractivity contribution in [3.05, 3.63) is 20.7 Å². The number of nitrogens with one attached hydrogen (secondary N) is 2. The SMILES string of the molecule is CC1CCCC(N)(CNCc2csc(=O)[nH]2)C1. The Morgan fingerprint density at radius 3 is 3.18 bits per heavy atom. The van der Waals surface area contributed by atoms with E-state index in [0.29, 0.717) is 6.54 Å². The van der Waals surface area contributed by atoms with E-state index in [1.165, 1.54) is 24.2 Å². The highest BCUT2D eigenvalue weighted by molar-refractivity contribution is 7.07. The minimum absolute atomic E-state index is 0.00977. The summed E-state index contributed by atoms with van der Waals surface area (Å²) >= 11 is 1.21. The molecule has 2 unspecified atom stereocenters. The predicted molar refractivity (Wildman–Crippen MR) is 71.2 cm³/mol. The minimum Gasteiger partial charge on any atom is -0.324 e. The van der Waals surface area contributed by atoms with Crippen molar-refractivity contribution in [2.45, 2.75) is 44.7 Å². The first kappa shape index (κ1) is 12.8. The van der Waals surface area contributed by atoms with Crippen molar-refractivity contribution in [1.29, 1.82) is 0 Å². The van der Waals surface area contributed by atoms with Crippen LogP contribution in [-0.4, -0.2) is 17.1 Å². The second-order valence-corrected chi connectivity index (χ2v) is 6.18. The lowest BCUT2D eigenvalue weighted by Gasteiger charge is -2.37. The van der Waals surface area contributed by atoms with E-state index in [1.807, 2.05) is 5.38 Å². The number of aromatic nitrogens is 1. The lowest BCUT2D eigenvalue weighted by molar-refractivity contribution is 0.229. The van der Waals surface area contributed by atoms with Crippen molar-refractivity contribution < 1.29 is 0 Å². The molecule has 96 valence electrons. The van der Waals surface area contributed by atoms with Gasteiger partial charge >= 0.3 is 4.87 Å². The van der Waals surface area contributed by atoms with Gasteiger partial charge in [-0.1, -0.05) is 31.1 Å². The third-order valence-corrected chi connectivity index (χ3v) is 4.21. The Morgan fingerprint density at radius 2 is 2.53 bits per heavy atom. The first-order chi connectivity index (χ1) is 8.07. The van der Waals surface area contributed by atoms with Gasteiger partial charge in [-0.3, -0.25) is 4.79 Å². The quantitative estimate of drug-likeness (QED) is 0.762. The molecule has 2 rings (SSSR count). The normalized spacial score (nSPS) is 29.4. The molecule has 0 radical (unpaired) electrons. The van der Waals surface area contributed by atoms with Gasteiger partial charge in [0.25, 0.3) is 0 Å². The van der Waals surface area contributed by atoms with Crippen LogP contribution >= 0.6 is 11.3 Å². The van der Waals surface area contributed by atoms with Gasteiger partial charge in [-0.05, 0) is 18.8 Å². The molecule has 0 aromatic carbocycles. The number of hydrogen-bond acceptors (Lipinski definition) is 4. The third kappa shape index (κ3) is 3.66. The molecule has 5 heteroatoms. The van der Waals surface area contributed by atoms with Gasteiger partial charge in [-0.2, -0.15) is 0 Å². The van der Waals surface area contributed by atoms with Crippen LogP contribution in [0.25, 0.3) is 0 Å². The molecule has 1 aromatic rings. The summed E-state index contributed by atoms with van der Waals surface area (Å²) in [6.07, 6.45) is 4.73. The van der Waals surface area contributed by atoms with Crippen LogP contribution < -0.4 is 15.9 Å². The molecule has 2 atom stereocenters. The molecule has 4 N–H and O–H groups in total. The van der Waals surface area contributed by atoms with Crippen molar-refractivity contribution in [3.8, 4) is 0 Å². The van der Waals surface area contributed by atoms with E-state index in [1.54, 1.807) is 0 Å². The van der Waals surface area contributed by atoms with Crippen LogP contribution in [-0.2, 0) is 6.54 Å². The van der Waals surface area contributed by atoms with Gasteiger partial charge in [0.15, 0.2) is 0 Å². The molecule has 4 nitrogen and oxygen atoms in total. The summed E-state index contributed by atoms with van der Waals surface area (Å²) in [6.45, 7) is 3.80. The second kappa shape index (κ2) is 5.33. The average molecular weight is 255 g/mol. The summed E-state index contributed by atoms with van der Waals surface area (Å²) in [5.74, 6) is 0.733. The fraction of sp³-hybridized carbons (Fsp3) is 0.750. The minimum atomic E-state index is -0.0615. The molecule has 1 aromatic heterocycles. The number of nitrogens with two attached hydrogens (primary N) is 1. The molecule has 0 saturated heterocycles. The molecule has 1 heterocycles. The molecule has 0 spiro atoms. The summed E-state index contributed by atoms with van der Waals surface area (Å²) in [7, 11) is 0. The summed E-state index contributed by atoms with van der Waals surface area (Å²) in [5.41, 5.74) is 7.28. The Balaban J connectivity index is 1.79. The van der Waals surface area contributed by atoms with Crippen LogP contribution in [0.1, 0.15) is 38.3 Å². The zero-order valence-electron chi connectivity index (χ0n) is 10.3. The molecular weight excluding hydrogens is 234 g/mol. The second-order valence-electron chi connectivity index (χ2n) is 5.34. The van der Waals surface area contributed by atoms with E-state index >= 15 is 0 Å². The molecule has 0 bridgehead atoms. The molecule has 17 heavy (non-hydrogen) atoms. The van der Waals surface area contributed by atoms with Crippen LogP contribution in [0, 0.1) is 5.92 Å². The van der Waals surface area contributed by atoms with E-state index < -0.39 is 0 Å². The number of H-pyrrole nitrogens is 1. The molecule has 1 saturated carbocycles. The van der Waals surface area contributed by atoms with Gasteiger partial charge in [0.2, 0.25) is 0 Å². The van der Waals surface area contributed by atoms with Gasteiger partial charge < -0.3 is 16.0 Å². The van der Waals surface area contributed by atoms with E-state index in [-0.39, 0.29) is 10.4 Å². The van der Waals surface area contributed by atoms with Gasteiger partial charge in [0.1, 0.15) is 0 Å². The Bertz CT molecular complexity index is 414. The van der Waals surface area contributed by atoms with Crippen molar-refractivity contribution >= 4 is 11.3 Å². The van der Waals surface area contributed by atoms with Crippen LogP contribution in [0.3, 0.4) is 0 Å². The Labute approximate surface area is 106 Å².